The Morgan fingerprint density at radius 3 is 1.77 bits per heavy atom. The van der Waals surface area contributed by atoms with Crippen LogP contribution in [0.25, 0.3) is 0 Å². The Kier molecular flexibility index (Phi) is 2.31. The van der Waals surface area contributed by atoms with Crippen LogP contribution in [-0.2, 0) is 10.1 Å². The SMILES string of the molecule is O=S(=O)([O-])c1c(F)cc(F)cc1F. The smallest absolute Gasteiger partial charge is 0.146 e. The Labute approximate surface area is 71.6 Å². The van der Waals surface area contributed by atoms with Gasteiger partial charge in [-0.05, 0) is 0 Å². The van der Waals surface area contributed by atoms with Crippen LogP contribution in [0.3, 0.4) is 0 Å². The maximum atomic E-state index is 12.5. The molecule has 0 aromatic heterocycles. The van der Waals surface area contributed by atoms with Crippen molar-refractivity contribution in [3.8, 4) is 0 Å². The van der Waals surface area contributed by atoms with Gasteiger partial charge in [-0.15, -0.1) is 0 Å². The minimum atomic E-state index is -5.25. The van der Waals surface area contributed by atoms with E-state index in [0.717, 1.165) is 0 Å². The van der Waals surface area contributed by atoms with Crippen molar-refractivity contribution in [3.05, 3.63) is 29.6 Å². The molecule has 7 heteroatoms. The summed E-state index contributed by atoms with van der Waals surface area (Å²) in [5.74, 6) is -4.75. The third-order valence-electron chi connectivity index (χ3n) is 1.21. The molecule has 0 radical (unpaired) electrons. The van der Waals surface area contributed by atoms with Gasteiger partial charge in [-0.1, -0.05) is 0 Å². The number of hydrogen-bond donors (Lipinski definition) is 0. The molecule has 0 bridgehead atoms. The molecule has 0 aliphatic heterocycles. The summed E-state index contributed by atoms with van der Waals surface area (Å²) in [6.45, 7) is 0. The van der Waals surface area contributed by atoms with E-state index in [2.05, 4.69) is 0 Å². The van der Waals surface area contributed by atoms with E-state index in [-0.39, 0.29) is 12.1 Å². The van der Waals surface area contributed by atoms with E-state index in [1.54, 1.807) is 0 Å². The molecule has 0 amide bonds. The van der Waals surface area contributed by atoms with Crippen molar-refractivity contribution < 1.29 is 26.1 Å². The highest BCUT2D eigenvalue weighted by atomic mass is 32.2. The summed E-state index contributed by atoms with van der Waals surface area (Å²) in [4.78, 5) is -1.66. The zero-order valence-electron chi connectivity index (χ0n) is 5.92. The lowest BCUT2D eigenvalue weighted by molar-refractivity contribution is 0.437. The summed E-state index contributed by atoms with van der Waals surface area (Å²) in [6, 6.07) is 0.238. The first-order valence-corrected chi connectivity index (χ1v) is 4.33. The summed E-state index contributed by atoms with van der Waals surface area (Å²) in [7, 11) is -5.25. The van der Waals surface area contributed by atoms with Gasteiger partial charge in [0.2, 0.25) is 0 Å². The number of halogens is 3. The fourth-order valence-corrected chi connectivity index (χ4v) is 1.36. The second kappa shape index (κ2) is 3.00. The monoisotopic (exact) mass is 211 g/mol. The van der Waals surface area contributed by atoms with Gasteiger partial charge in [-0.3, -0.25) is 0 Å². The average Bonchev–Trinajstić information content (AvgIpc) is 1.78. The predicted molar refractivity (Wildman–Crippen MR) is 34.3 cm³/mol. The molecule has 72 valence electrons. The summed E-state index contributed by atoms with van der Waals surface area (Å²) < 4.78 is 68.0. The van der Waals surface area contributed by atoms with E-state index in [0.29, 0.717) is 0 Å². The third-order valence-corrected chi connectivity index (χ3v) is 2.10. The lowest BCUT2D eigenvalue weighted by Gasteiger charge is -2.08. The maximum Gasteiger partial charge on any atom is 0.146 e. The second-order valence-corrected chi connectivity index (χ2v) is 3.47. The summed E-state index contributed by atoms with van der Waals surface area (Å²) in [5, 5.41) is 0. The topological polar surface area (TPSA) is 57.2 Å². The van der Waals surface area contributed by atoms with Gasteiger partial charge in [0.05, 0.1) is 0 Å². The molecular formula is C6H2F3O3S-. The van der Waals surface area contributed by atoms with Crippen molar-refractivity contribution in [2.75, 3.05) is 0 Å². The molecule has 13 heavy (non-hydrogen) atoms. The van der Waals surface area contributed by atoms with Crippen LogP contribution in [0, 0.1) is 17.5 Å². The highest BCUT2D eigenvalue weighted by Gasteiger charge is 2.16. The molecule has 0 spiro atoms. The summed E-state index contributed by atoms with van der Waals surface area (Å²) in [6.07, 6.45) is 0. The molecule has 0 aliphatic carbocycles. The van der Waals surface area contributed by atoms with Crippen LogP contribution in [0.15, 0.2) is 17.0 Å². The molecule has 1 aromatic carbocycles. The normalized spacial score (nSPS) is 11.7. The molecule has 0 aliphatic rings. The molecule has 3 nitrogen and oxygen atoms in total. The number of hydrogen-bond acceptors (Lipinski definition) is 3. The van der Waals surface area contributed by atoms with E-state index in [4.69, 9.17) is 0 Å². The molecule has 0 saturated carbocycles. The lowest BCUT2D eigenvalue weighted by Crippen LogP contribution is -2.06. The van der Waals surface area contributed by atoms with E-state index < -0.39 is 32.5 Å². The van der Waals surface area contributed by atoms with Crippen LogP contribution in [0.5, 0.6) is 0 Å². The number of rotatable bonds is 1. The minimum Gasteiger partial charge on any atom is -0.744 e. The van der Waals surface area contributed by atoms with Gasteiger partial charge in [0.15, 0.2) is 0 Å². The largest absolute Gasteiger partial charge is 0.744 e. The van der Waals surface area contributed by atoms with Crippen molar-refractivity contribution in [1.29, 1.82) is 0 Å². The fourth-order valence-electron chi connectivity index (χ4n) is 0.768. The summed E-state index contributed by atoms with van der Waals surface area (Å²) in [5.41, 5.74) is 0. The van der Waals surface area contributed by atoms with E-state index in [1.165, 1.54) is 0 Å². The molecule has 0 atom stereocenters. The van der Waals surface area contributed by atoms with Gasteiger partial charge in [0.25, 0.3) is 0 Å². The standard InChI is InChI=1S/C6H3F3O3S/c7-3-1-4(8)6(5(9)2-3)13(10,11)12/h1-2H,(H,10,11,12)/p-1. The Morgan fingerprint density at radius 2 is 1.46 bits per heavy atom. The Morgan fingerprint density at radius 1 is 1.08 bits per heavy atom. The molecule has 0 saturated heterocycles. The van der Waals surface area contributed by atoms with Crippen molar-refractivity contribution >= 4 is 10.1 Å². The van der Waals surface area contributed by atoms with E-state index >= 15 is 0 Å². The summed E-state index contributed by atoms with van der Waals surface area (Å²) >= 11 is 0. The Hall–Kier alpha value is -1.08. The molecule has 0 heterocycles. The first-order valence-electron chi connectivity index (χ1n) is 2.93. The van der Waals surface area contributed by atoms with Crippen LogP contribution in [-0.4, -0.2) is 13.0 Å². The minimum absolute atomic E-state index is 0.119. The highest BCUT2D eigenvalue weighted by molar-refractivity contribution is 7.85. The molecule has 0 fully saturated rings. The van der Waals surface area contributed by atoms with Gasteiger partial charge in [0.1, 0.15) is 32.5 Å². The highest BCUT2D eigenvalue weighted by Crippen LogP contribution is 2.19. The van der Waals surface area contributed by atoms with Crippen molar-refractivity contribution in [2.24, 2.45) is 0 Å². The third kappa shape index (κ3) is 1.99. The van der Waals surface area contributed by atoms with Gasteiger partial charge < -0.3 is 4.55 Å². The molecular weight excluding hydrogens is 209 g/mol. The maximum absolute atomic E-state index is 12.5. The van der Waals surface area contributed by atoms with Crippen LogP contribution in [0.2, 0.25) is 0 Å². The average molecular weight is 211 g/mol. The zero-order valence-corrected chi connectivity index (χ0v) is 6.74. The van der Waals surface area contributed by atoms with Gasteiger partial charge in [-0.2, -0.15) is 0 Å². The Balaban J connectivity index is 3.57. The fraction of sp³-hybridized carbons (Fsp3) is 0. The van der Waals surface area contributed by atoms with Crippen molar-refractivity contribution in [3.63, 3.8) is 0 Å². The van der Waals surface area contributed by atoms with Crippen LogP contribution >= 0.6 is 0 Å². The lowest BCUT2D eigenvalue weighted by atomic mass is 10.3. The van der Waals surface area contributed by atoms with Gasteiger partial charge in [-0.25, -0.2) is 21.6 Å². The quantitative estimate of drug-likeness (QED) is 0.651. The second-order valence-electron chi connectivity index (χ2n) is 2.15. The first kappa shape index (κ1) is 10.0. The predicted octanol–water partition coefficient (Wildman–Crippen LogP) is 1.01. The first-order chi connectivity index (χ1) is 5.82. The van der Waals surface area contributed by atoms with Crippen molar-refractivity contribution in [1.82, 2.24) is 0 Å². The Bertz CT molecular complexity index is 417. The van der Waals surface area contributed by atoms with Crippen LogP contribution in [0.4, 0.5) is 13.2 Å². The zero-order chi connectivity index (χ0) is 10.2. The molecule has 1 rings (SSSR count). The van der Waals surface area contributed by atoms with Crippen molar-refractivity contribution in [2.45, 2.75) is 4.90 Å². The molecule has 1 aromatic rings. The van der Waals surface area contributed by atoms with Crippen LogP contribution in [0.1, 0.15) is 0 Å². The van der Waals surface area contributed by atoms with Gasteiger partial charge in [0, 0.05) is 12.1 Å². The van der Waals surface area contributed by atoms with Crippen LogP contribution < -0.4 is 0 Å². The number of benzene rings is 1. The van der Waals surface area contributed by atoms with E-state index in [1.807, 2.05) is 0 Å². The van der Waals surface area contributed by atoms with Gasteiger partial charge >= 0.3 is 0 Å². The van der Waals surface area contributed by atoms with E-state index in [9.17, 15) is 26.1 Å². The molecule has 0 N–H and O–H groups in total. The molecule has 0 unspecified atom stereocenters.